The predicted molar refractivity (Wildman–Crippen MR) is 115 cm³/mol. The van der Waals surface area contributed by atoms with Gasteiger partial charge in [0.05, 0.1) is 25.6 Å². The minimum absolute atomic E-state index is 0.172. The van der Waals surface area contributed by atoms with Crippen molar-refractivity contribution in [2.45, 2.75) is 39.2 Å². The number of rotatable bonds is 10. The minimum Gasteiger partial charge on any atom is -0.497 e. The number of ether oxygens (including phenoxy) is 2. The van der Waals surface area contributed by atoms with Crippen LogP contribution < -0.4 is 10.1 Å². The average Bonchev–Trinajstić information content (AvgIpc) is 3.02. The van der Waals surface area contributed by atoms with Crippen LogP contribution in [0.25, 0.3) is 5.69 Å². The summed E-state index contributed by atoms with van der Waals surface area (Å²) in [7, 11) is 2.96. The van der Waals surface area contributed by atoms with Crippen LogP contribution in [0, 0.1) is 13.8 Å². The van der Waals surface area contributed by atoms with Crippen LogP contribution in [0.2, 0.25) is 0 Å². The lowest BCUT2D eigenvalue weighted by Crippen LogP contribution is -2.42. The zero-order valence-electron chi connectivity index (χ0n) is 17.7. The molecule has 29 heavy (non-hydrogen) atoms. The molecule has 1 N–H and O–H groups in total. The van der Waals surface area contributed by atoms with E-state index >= 15 is 0 Å². The van der Waals surface area contributed by atoms with Crippen LogP contribution in [0.3, 0.4) is 0 Å². The summed E-state index contributed by atoms with van der Waals surface area (Å²) in [6.45, 7) is 3.93. The van der Waals surface area contributed by atoms with Crippen molar-refractivity contribution in [1.82, 2.24) is 15.1 Å². The molecule has 1 amide bonds. The van der Waals surface area contributed by atoms with Crippen molar-refractivity contribution in [3.05, 3.63) is 41.2 Å². The molecule has 0 spiro atoms. The maximum Gasteiger partial charge on any atom is 0.328 e. The molecule has 0 aliphatic rings. The van der Waals surface area contributed by atoms with Gasteiger partial charge in [-0.2, -0.15) is 16.9 Å². The molecule has 2 aromatic rings. The van der Waals surface area contributed by atoms with Crippen LogP contribution in [0.15, 0.2) is 24.3 Å². The van der Waals surface area contributed by atoms with Crippen molar-refractivity contribution in [3.63, 3.8) is 0 Å². The molecule has 1 heterocycles. The van der Waals surface area contributed by atoms with Crippen LogP contribution in [-0.2, 0) is 20.7 Å². The van der Waals surface area contributed by atoms with Gasteiger partial charge in [-0.15, -0.1) is 0 Å². The number of amides is 1. The highest BCUT2D eigenvalue weighted by Gasteiger charge is 2.21. The number of hydrogen-bond donors (Lipinski definition) is 1. The van der Waals surface area contributed by atoms with E-state index in [0.29, 0.717) is 12.8 Å². The van der Waals surface area contributed by atoms with Gasteiger partial charge in [-0.3, -0.25) is 4.79 Å². The van der Waals surface area contributed by atoms with Gasteiger partial charge in [0.25, 0.3) is 0 Å². The monoisotopic (exact) mass is 419 g/mol. The number of esters is 1. The Morgan fingerprint density at radius 1 is 1.28 bits per heavy atom. The van der Waals surface area contributed by atoms with Crippen molar-refractivity contribution in [3.8, 4) is 11.4 Å². The largest absolute Gasteiger partial charge is 0.497 e. The topological polar surface area (TPSA) is 82.5 Å². The summed E-state index contributed by atoms with van der Waals surface area (Å²) in [6.07, 6.45) is 3.33. The standard InChI is InChI=1S/C21H29N3O4S/c1-14-18(9-10-20(25)22-19(11-12-29-5)21(26)28-4)15(2)24(23-14)16-7-6-8-17(13-16)27-3/h6-8,13,19H,9-12H2,1-5H3,(H,22,25)/t19-/m0/s1. The zero-order valence-corrected chi connectivity index (χ0v) is 18.5. The number of nitrogens with one attached hydrogen (secondary N) is 1. The van der Waals surface area contributed by atoms with Crippen LogP contribution in [-0.4, -0.2) is 53.9 Å². The summed E-state index contributed by atoms with van der Waals surface area (Å²) >= 11 is 1.62. The SMILES string of the molecule is COC(=O)[C@H](CCSC)NC(=O)CCc1c(C)nn(-c2cccc(OC)c2)c1C. The number of methoxy groups -OCH3 is 2. The van der Waals surface area contributed by atoms with Gasteiger partial charge in [-0.05, 0) is 56.4 Å². The van der Waals surface area contributed by atoms with Gasteiger partial charge in [-0.25, -0.2) is 9.48 Å². The van der Waals surface area contributed by atoms with E-state index in [1.165, 1.54) is 7.11 Å². The molecule has 158 valence electrons. The Hall–Kier alpha value is -2.48. The van der Waals surface area contributed by atoms with Crippen molar-refractivity contribution in [1.29, 1.82) is 0 Å². The normalized spacial score (nSPS) is 11.8. The molecule has 0 aliphatic heterocycles. The number of nitrogens with zero attached hydrogens (tertiary/aromatic N) is 2. The first kappa shape index (κ1) is 22.8. The summed E-state index contributed by atoms with van der Waals surface area (Å²) < 4.78 is 12.0. The van der Waals surface area contributed by atoms with Gasteiger partial charge in [0.1, 0.15) is 11.8 Å². The summed E-state index contributed by atoms with van der Waals surface area (Å²) in [6, 6.07) is 7.07. The fourth-order valence-electron chi connectivity index (χ4n) is 3.16. The van der Waals surface area contributed by atoms with Gasteiger partial charge in [0, 0.05) is 18.2 Å². The molecule has 7 nitrogen and oxygen atoms in total. The zero-order chi connectivity index (χ0) is 21.4. The Morgan fingerprint density at radius 3 is 2.69 bits per heavy atom. The number of benzene rings is 1. The lowest BCUT2D eigenvalue weighted by atomic mass is 10.1. The third kappa shape index (κ3) is 6.00. The van der Waals surface area contributed by atoms with Crippen molar-refractivity contribution < 1.29 is 19.1 Å². The molecule has 0 fully saturated rings. The van der Waals surface area contributed by atoms with Gasteiger partial charge >= 0.3 is 5.97 Å². The van der Waals surface area contributed by atoms with E-state index < -0.39 is 12.0 Å². The number of carbonyl (C=O) groups excluding carboxylic acids is 2. The summed E-state index contributed by atoms with van der Waals surface area (Å²) in [4.78, 5) is 24.3. The number of aromatic nitrogens is 2. The highest BCUT2D eigenvalue weighted by atomic mass is 32.2. The molecular formula is C21H29N3O4S. The van der Waals surface area contributed by atoms with E-state index in [2.05, 4.69) is 10.4 Å². The maximum atomic E-state index is 12.4. The van der Waals surface area contributed by atoms with Crippen LogP contribution in [0.5, 0.6) is 5.75 Å². The maximum absolute atomic E-state index is 12.4. The number of thioether (sulfide) groups is 1. The Balaban J connectivity index is 2.07. The highest BCUT2D eigenvalue weighted by Crippen LogP contribution is 2.22. The first-order chi connectivity index (χ1) is 13.9. The number of hydrogen-bond acceptors (Lipinski definition) is 6. The van der Waals surface area contributed by atoms with E-state index in [1.54, 1.807) is 18.9 Å². The third-order valence-electron chi connectivity index (χ3n) is 4.77. The summed E-state index contributed by atoms with van der Waals surface area (Å²) in [5.74, 6) is 0.945. The van der Waals surface area contributed by atoms with E-state index in [-0.39, 0.29) is 12.3 Å². The highest BCUT2D eigenvalue weighted by molar-refractivity contribution is 7.98. The second-order valence-electron chi connectivity index (χ2n) is 6.69. The molecule has 1 aromatic heterocycles. The molecule has 8 heteroatoms. The van der Waals surface area contributed by atoms with Gasteiger partial charge in [0.2, 0.25) is 5.91 Å². The molecule has 1 aromatic carbocycles. The molecule has 0 saturated heterocycles. The Kier molecular flexibility index (Phi) is 8.57. The van der Waals surface area contributed by atoms with Crippen molar-refractivity contribution in [2.24, 2.45) is 0 Å². The fourth-order valence-corrected chi connectivity index (χ4v) is 3.63. The fraction of sp³-hybridized carbons (Fsp3) is 0.476. The van der Waals surface area contributed by atoms with E-state index in [1.807, 2.05) is 49.1 Å². The molecule has 0 aliphatic carbocycles. The van der Waals surface area contributed by atoms with E-state index in [9.17, 15) is 9.59 Å². The molecule has 0 saturated carbocycles. The smallest absolute Gasteiger partial charge is 0.328 e. The first-order valence-corrected chi connectivity index (χ1v) is 10.9. The number of aryl methyl sites for hydroxylation is 1. The molecule has 2 rings (SSSR count). The van der Waals surface area contributed by atoms with E-state index in [4.69, 9.17) is 9.47 Å². The Labute approximate surface area is 176 Å². The first-order valence-electron chi connectivity index (χ1n) is 9.46. The molecule has 0 radical (unpaired) electrons. The number of carbonyl (C=O) groups is 2. The van der Waals surface area contributed by atoms with Crippen molar-refractivity contribution >= 4 is 23.6 Å². The molecule has 0 unspecified atom stereocenters. The second kappa shape index (κ2) is 10.9. The summed E-state index contributed by atoms with van der Waals surface area (Å²) in [5, 5.41) is 7.42. The van der Waals surface area contributed by atoms with Gasteiger partial charge in [-0.1, -0.05) is 6.07 Å². The minimum atomic E-state index is -0.610. The predicted octanol–water partition coefficient (Wildman–Crippen LogP) is 2.84. The van der Waals surface area contributed by atoms with Crippen LogP contribution in [0.4, 0.5) is 0 Å². The Morgan fingerprint density at radius 2 is 2.03 bits per heavy atom. The van der Waals surface area contributed by atoms with Crippen LogP contribution in [0.1, 0.15) is 29.8 Å². The lowest BCUT2D eigenvalue weighted by molar-refractivity contribution is -0.145. The molecule has 1 atom stereocenters. The lowest BCUT2D eigenvalue weighted by Gasteiger charge is -2.16. The van der Waals surface area contributed by atoms with Gasteiger partial charge in [0.15, 0.2) is 0 Å². The van der Waals surface area contributed by atoms with E-state index in [0.717, 1.165) is 34.1 Å². The molecular weight excluding hydrogens is 390 g/mol. The molecule has 0 bridgehead atoms. The van der Waals surface area contributed by atoms with Gasteiger partial charge < -0.3 is 14.8 Å². The quantitative estimate of drug-likeness (QED) is 0.597. The van der Waals surface area contributed by atoms with Crippen LogP contribution >= 0.6 is 11.8 Å². The third-order valence-corrected chi connectivity index (χ3v) is 5.42. The average molecular weight is 420 g/mol. The Bertz CT molecular complexity index is 850. The van der Waals surface area contributed by atoms with Crippen molar-refractivity contribution in [2.75, 3.05) is 26.2 Å². The second-order valence-corrected chi connectivity index (χ2v) is 7.67. The summed E-state index contributed by atoms with van der Waals surface area (Å²) in [5.41, 5.74) is 3.80.